The first kappa shape index (κ1) is 9.31. The molecule has 0 fully saturated rings. The second-order valence-corrected chi connectivity index (χ2v) is 2.26. The monoisotopic (exact) mass is 185 g/mol. The Kier molecular flexibility index (Phi) is 2.69. The van der Waals surface area contributed by atoms with E-state index in [1.165, 1.54) is 31.4 Å². The number of rotatable bonds is 2. The molecule has 0 saturated carbocycles. The van der Waals surface area contributed by atoms with Gasteiger partial charge in [-0.25, -0.2) is 4.79 Å². The number of nitrogens with zero attached hydrogens (tertiary/aromatic N) is 1. The zero-order valence-corrected chi connectivity index (χ0v) is 6.90. The van der Waals surface area contributed by atoms with Crippen molar-refractivity contribution < 1.29 is 19.1 Å². The minimum Gasteiger partial charge on any atom is -0.497 e. The van der Waals surface area contributed by atoms with E-state index in [4.69, 9.17) is 9.84 Å². The average Bonchev–Trinajstić information content (AvgIpc) is 2.17. The normalized spacial score (nSPS) is 9.38. The molecule has 0 saturated heterocycles. The van der Waals surface area contributed by atoms with Gasteiger partial charge in [-0.2, -0.15) is 0 Å². The van der Waals surface area contributed by atoms with Crippen LogP contribution in [0.3, 0.4) is 0 Å². The Bertz CT molecular complexity index is 299. The lowest BCUT2D eigenvalue weighted by Crippen LogP contribution is -2.18. The molecule has 13 heavy (non-hydrogen) atoms. The van der Waals surface area contributed by atoms with Gasteiger partial charge in [-0.3, -0.25) is 0 Å². The summed E-state index contributed by atoms with van der Waals surface area (Å²) in [7, 11) is 1.47. The van der Waals surface area contributed by atoms with Crippen molar-refractivity contribution in [2.75, 3.05) is 12.2 Å². The third-order valence-corrected chi connectivity index (χ3v) is 1.47. The molecule has 0 aliphatic carbocycles. The molecule has 4 nitrogen and oxygen atoms in total. The fourth-order valence-electron chi connectivity index (χ4n) is 0.824. The van der Waals surface area contributed by atoms with E-state index in [1.807, 2.05) is 0 Å². The van der Waals surface area contributed by atoms with Crippen molar-refractivity contribution in [2.45, 2.75) is 0 Å². The molecule has 0 spiro atoms. The van der Waals surface area contributed by atoms with Gasteiger partial charge in [0.15, 0.2) is 0 Å². The molecule has 70 valence electrons. The molecule has 1 aromatic carbocycles. The van der Waals surface area contributed by atoms with E-state index < -0.39 is 6.09 Å². The van der Waals surface area contributed by atoms with E-state index in [9.17, 15) is 9.28 Å². The lowest BCUT2D eigenvalue weighted by Gasteiger charge is -2.07. The number of carboxylic acid groups (broad SMARTS) is 1. The molecule has 0 bridgehead atoms. The number of halogens is 1. The maximum atomic E-state index is 12.7. The molecule has 0 heterocycles. The minimum atomic E-state index is -1.65. The molecule has 0 radical (unpaired) electrons. The third kappa shape index (κ3) is 2.08. The molecular weight excluding hydrogens is 177 g/mol. The van der Waals surface area contributed by atoms with Crippen LogP contribution in [0.4, 0.5) is 15.0 Å². The summed E-state index contributed by atoms with van der Waals surface area (Å²) in [6.07, 6.45) is -1.65. The van der Waals surface area contributed by atoms with Crippen LogP contribution in [0.25, 0.3) is 0 Å². The molecule has 1 N–H and O–H groups in total. The van der Waals surface area contributed by atoms with E-state index in [2.05, 4.69) is 0 Å². The maximum Gasteiger partial charge on any atom is 0.440 e. The van der Waals surface area contributed by atoms with Gasteiger partial charge in [0.2, 0.25) is 0 Å². The Hall–Kier alpha value is -1.78. The highest BCUT2D eigenvalue weighted by atomic mass is 19.2. The first-order valence-electron chi connectivity index (χ1n) is 3.48. The summed E-state index contributed by atoms with van der Waals surface area (Å²) in [6, 6.07) is 5.58. The summed E-state index contributed by atoms with van der Waals surface area (Å²) in [4.78, 5) is 10.2. The lowest BCUT2D eigenvalue weighted by molar-refractivity contribution is 0.186. The summed E-state index contributed by atoms with van der Waals surface area (Å²) < 4.78 is 17.5. The summed E-state index contributed by atoms with van der Waals surface area (Å²) in [5.74, 6) is 0.544. The molecule has 1 aromatic rings. The Morgan fingerprint density at radius 2 is 2.00 bits per heavy atom. The van der Waals surface area contributed by atoms with Gasteiger partial charge in [0, 0.05) is 0 Å². The third-order valence-electron chi connectivity index (χ3n) is 1.47. The number of hydrogen-bond acceptors (Lipinski definition) is 2. The quantitative estimate of drug-likeness (QED) is 0.717. The number of hydrogen-bond donors (Lipinski definition) is 1. The Labute approximate surface area is 74.1 Å². The van der Waals surface area contributed by atoms with Crippen LogP contribution in [0.5, 0.6) is 5.75 Å². The van der Waals surface area contributed by atoms with Crippen molar-refractivity contribution in [3.05, 3.63) is 24.3 Å². The van der Waals surface area contributed by atoms with Crippen LogP contribution in [0.15, 0.2) is 24.3 Å². The van der Waals surface area contributed by atoms with Crippen LogP contribution in [0.1, 0.15) is 0 Å². The standard InChI is InChI=1S/C8H8FNO3/c1-13-7-4-2-6(3-5-7)10(9)8(11)12/h2-5H,1H3,(H,11,12). The van der Waals surface area contributed by atoms with E-state index >= 15 is 0 Å². The zero-order valence-electron chi connectivity index (χ0n) is 6.90. The predicted molar refractivity (Wildman–Crippen MR) is 44.6 cm³/mol. The van der Waals surface area contributed by atoms with Crippen molar-refractivity contribution in [1.82, 2.24) is 0 Å². The summed E-state index contributed by atoms with van der Waals surface area (Å²) in [5, 5.41) is 7.92. The number of benzene rings is 1. The van der Waals surface area contributed by atoms with E-state index in [0.29, 0.717) is 5.75 Å². The molecule has 0 atom stereocenters. The first-order chi connectivity index (χ1) is 6.15. The molecule has 0 aromatic heterocycles. The van der Waals surface area contributed by atoms with Gasteiger partial charge in [-0.15, -0.1) is 5.12 Å². The molecular formula is C8H8FNO3. The Morgan fingerprint density at radius 3 is 2.38 bits per heavy atom. The van der Waals surface area contributed by atoms with Crippen molar-refractivity contribution in [2.24, 2.45) is 0 Å². The average molecular weight is 185 g/mol. The maximum absolute atomic E-state index is 12.7. The first-order valence-corrected chi connectivity index (χ1v) is 3.48. The fourth-order valence-corrected chi connectivity index (χ4v) is 0.824. The van der Waals surface area contributed by atoms with Crippen LogP contribution >= 0.6 is 0 Å². The zero-order chi connectivity index (χ0) is 9.84. The molecule has 1 rings (SSSR count). The summed E-state index contributed by atoms with van der Waals surface area (Å²) >= 11 is 0. The van der Waals surface area contributed by atoms with Crippen LogP contribution in [0, 0.1) is 0 Å². The van der Waals surface area contributed by atoms with Gasteiger partial charge in [0.05, 0.1) is 12.8 Å². The highest BCUT2D eigenvalue weighted by Gasteiger charge is 2.12. The van der Waals surface area contributed by atoms with Crippen LogP contribution in [-0.2, 0) is 0 Å². The molecule has 0 aliphatic heterocycles. The van der Waals surface area contributed by atoms with Crippen LogP contribution in [-0.4, -0.2) is 18.3 Å². The number of ether oxygens (including phenoxy) is 1. The van der Waals surface area contributed by atoms with Crippen molar-refractivity contribution in [1.29, 1.82) is 0 Å². The predicted octanol–water partition coefficient (Wildman–Crippen LogP) is 2.06. The second-order valence-electron chi connectivity index (χ2n) is 2.26. The smallest absolute Gasteiger partial charge is 0.440 e. The minimum absolute atomic E-state index is 0.0479. The Morgan fingerprint density at radius 1 is 1.46 bits per heavy atom. The molecule has 0 aliphatic rings. The van der Waals surface area contributed by atoms with Gasteiger partial charge in [0.25, 0.3) is 0 Å². The second kappa shape index (κ2) is 3.75. The Balaban J connectivity index is 2.85. The molecule has 0 unspecified atom stereocenters. The van der Waals surface area contributed by atoms with E-state index in [-0.39, 0.29) is 10.8 Å². The fraction of sp³-hybridized carbons (Fsp3) is 0.125. The van der Waals surface area contributed by atoms with Gasteiger partial charge in [-0.05, 0) is 24.3 Å². The van der Waals surface area contributed by atoms with Crippen LogP contribution in [0.2, 0.25) is 0 Å². The molecule has 5 heteroatoms. The SMILES string of the molecule is COc1ccc(N(F)C(=O)O)cc1. The van der Waals surface area contributed by atoms with Gasteiger partial charge in [0.1, 0.15) is 5.75 Å². The number of anilines is 1. The number of amides is 1. The highest BCUT2D eigenvalue weighted by Crippen LogP contribution is 2.19. The van der Waals surface area contributed by atoms with Crippen LogP contribution < -0.4 is 9.86 Å². The van der Waals surface area contributed by atoms with Gasteiger partial charge >= 0.3 is 6.09 Å². The van der Waals surface area contributed by atoms with Crippen molar-refractivity contribution in [3.8, 4) is 5.75 Å². The summed E-state index contributed by atoms with van der Waals surface area (Å²) in [6.45, 7) is 0. The molecule has 1 amide bonds. The summed E-state index contributed by atoms with van der Waals surface area (Å²) in [5.41, 5.74) is -0.0479. The van der Waals surface area contributed by atoms with E-state index in [0.717, 1.165) is 0 Å². The van der Waals surface area contributed by atoms with Crippen molar-refractivity contribution in [3.63, 3.8) is 0 Å². The van der Waals surface area contributed by atoms with Gasteiger partial charge in [-0.1, -0.05) is 4.48 Å². The lowest BCUT2D eigenvalue weighted by atomic mass is 10.3. The highest BCUT2D eigenvalue weighted by molar-refractivity contribution is 5.83. The largest absolute Gasteiger partial charge is 0.497 e. The van der Waals surface area contributed by atoms with Gasteiger partial charge < -0.3 is 9.84 Å². The number of carbonyl (C=O) groups is 1. The number of methoxy groups -OCH3 is 1. The topological polar surface area (TPSA) is 49.8 Å². The van der Waals surface area contributed by atoms with E-state index in [1.54, 1.807) is 0 Å². The van der Waals surface area contributed by atoms with Crippen molar-refractivity contribution >= 4 is 11.8 Å².